The van der Waals surface area contributed by atoms with E-state index in [2.05, 4.69) is 10.3 Å². The predicted molar refractivity (Wildman–Crippen MR) is 88.6 cm³/mol. The first-order valence-electron chi connectivity index (χ1n) is 6.59. The van der Waals surface area contributed by atoms with Crippen LogP contribution in [0.1, 0.15) is 17.0 Å². The van der Waals surface area contributed by atoms with Gasteiger partial charge in [-0.05, 0) is 38.1 Å². The molecule has 0 saturated carbocycles. The number of rotatable bonds is 6. The molecule has 0 spiro atoms. The van der Waals surface area contributed by atoms with Crippen molar-refractivity contribution in [3.05, 3.63) is 34.8 Å². The summed E-state index contributed by atoms with van der Waals surface area (Å²) in [6, 6.07) is 7.83. The third-order valence-corrected chi connectivity index (χ3v) is 4.93. The lowest BCUT2D eigenvalue weighted by Gasteiger charge is -2.04. The van der Waals surface area contributed by atoms with Crippen LogP contribution in [-0.4, -0.2) is 23.8 Å². The van der Waals surface area contributed by atoms with Crippen LogP contribution in [-0.2, 0) is 4.79 Å². The summed E-state index contributed by atoms with van der Waals surface area (Å²) in [4.78, 5) is 18.4. The lowest BCUT2D eigenvalue weighted by molar-refractivity contribution is -0.115. The van der Waals surface area contributed by atoms with Gasteiger partial charge in [0.1, 0.15) is 5.75 Å². The number of hydrogen-bond acceptors (Lipinski definition) is 5. The molecular formula is C15H18N2O2S2. The highest BCUT2D eigenvalue weighted by molar-refractivity contribution is 7.99. The second-order valence-corrected chi connectivity index (χ2v) is 6.85. The third kappa shape index (κ3) is 4.75. The van der Waals surface area contributed by atoms with Gasteiger partial charge >= 0.3 is 0 Å². The van der Waals surface area contributed by atoms with Gasteiger partial charge in [0.2, 0.25) is 5.91 Å². The zero-order chi connectivity index (χ0) is 15.2. The van der Waals surface area contributed by atoms with Crippen molar-refractivity contribution in [2.75, 3.05) is 18.2 Å². The van der Waals surface area contributed by atoms with E-state index in [4.69, 9.17) is 4.74 Å². The molecule has 0 aliphatic carbocycles. The Bertz CT molecular complexity index is 589. The minimum Gasteiger partial charge on any atom is -0.497 e. The van der Waals surface area contributed by atoms with Crippen LogP contribution in [0.3, 0.4) is 0 Å². The number of thiazole rings is 1. The lowest BCUT2D eigenvalue weighted by Crippen LogP contribution is -2.11. The van der Waals surface area contributed by atoms with Gasteiger partial charge in [0.05, 0.1) is 12.8 Å². The maximum atomic E-state index is 11.8. The van der Waals surface area contributed by atoms with E-state index in [1.165, 1.54) is 11.3 Å². The average Bonchev–Trinajstić information content (AvgIpc) is 2.78. The van der Waals surface area contributed by atoms with E-state index in [1.54, 1.807) is 18.9 Å². The molecule has 21 heavy (non-hydrogen) atoms. The van der Waals surface area contributed by atoms with Crippen molar-refractivity contribution in [2.45, 2.75) is 25.2 Å². The van der Waals surface area contributed by atoms with E-state index >= 15 is 0 Å². The van der Waals surface area contributed by atoms with Crippen LogP contribution in [0.4, 0.5) is 5.13 Å². The molecule has 0 saturated heterocycles. The lowest BCUT2D eigenvalue weighted by atomic mass is 10.3. The Balaban J connectivity index is 1.76. The van der Waals surface area contributed by atoms with Crippen molar-refractivity contribution in [1.82, 2.24) is 4.98 Å². The van der Waals surface area contributed by atoms with E-state index in [0.29, 0.717) is 11.6 Å². The van der Waals surface area contributed by atoms with Gasteiger partial charge in [-0.1, -0.05) is 0 Å². The molecule has 4 nitrogen and oxygen atoms in total. The highest BCUT2D eigenvalue weighted by Gasteiger charge is 2.08. The molecule has 0 aliphatic heterocycles. The molecule has 1 aromatic carbocycles. The molecule has 1 aromatic heterocycles. The molecule has 1 amide bonds. The topological polar surface area (TPSA) is 51.2 Å². The summed E-state index contributed by atoms with van der Waals surface area (Å²) in [5.74, 6) is 1.58. The van der Waals surface area contributed by atoms with Gasteiger partial charge in [-0.2, -0.15) is 0 Å². The maximum absolute atomic E-state index is 11.8. The molecular weight excluding hydrogens is 304 g/mol. The molecule has 0 unspecified atom stereocenters. The Morgan fingerprint density at radius 3 is 2.62 bits per heavy atom. The molecule has 6 heteroatoms. The second-order valence-electron chi connectivity index (χ2n) is 4.48. The number of thioether (sulfide) groups is 1. The van der Waals surface area contributed by atoms with Crippen molar-refractivity contribution in [2.24, 2.45) is 0 Å². The van der Waals surface area contributed by atoms with Gasteiger partial charge in [-0.25, -0.2) is 4.98 Å². The fourth-order valence-corrected chi connectivity index (χ4v) is 3.32. The fraction of sp³-hybridized carbons (Fsp3) is 0.333. The highest BCUT2D eigenvalue weighted by atomic mass is 32.2. The zero-order valence-corrected chi connectivity index (χ0v) is 13.9. The largest absolute Gasteiger partial charge is 0.497 e. The number of carbonyl (C=O) groups is 1. The fourth-order valence-electron chi connectivity index (χ4n) is 1.64. The predicted octanol–water partition coefficient (Wildman–Crippen LogP) is 3.89. The number of ether oxygens (including phenoxy) is 1. The number of aryl methyl sites for hydroxylation is 2. The van der Waals surface area contributed by atoms with Gasteiger partial charge in [-0.15, -0.1) is 23.1 Å². The number of aromatic nitrogens is 1. The van der Waals surface area contributed by atoms with Gasteiger partial charge in [-0.3, -0.25) is 4.79 Å². The molecule has 112 valence electrons. The first-order valence-corrected chi connectivity index (χ1v) is 8.39. The molecule has 0 fully saturated rings. The van der Waals surface area contributed by atoms with Crippen LogP contribution < -0.4 is 10.1 Å². The monoisotopic (exact) mass is 322 g/mol. The second kappa shape index (κ2) is 7.47. The molecule has 1 N–H and O–H groups in total. The number of nitrogens with one attached hydrogen (secondary N) is 1. The van der Waals surface area contributed by atoms with E-state index in [1.807, 2.05) is 38.1 Å². The minimum atomic E-state index is 0.00441. The number of anilines is 1. The van der Waals surface area contributed by atoms with E-state index < -0.39 is 0 Å². The summed E-state index contributed by atoms with van der Waals surface area (Å²) in [5.41, 5.74) is 0.975. The highest BCUT2D eigenvalue weighted by Crippen LogP contribution is 2.23. The average molecular weight is 322 g/mol. The van der Waals surface area contributed by atoms with Crippen LogP contribution in [0.2, 0.25) is 0 Å². The van der Waals surface area contributed by atoms with Crippen LogP contribution >= 0.6 is 23.1 Å². The SMILES string of the molecule is COc1ccc(SCCC(=O)Nc2nc(C)c(C)s2)cc1. The number of carbonyl (C=O) groups excluding carboxylic acids is 1. The molecule has 0 radical (unpaired) electrons. The smallest absolute Gasteiger partial charge is 0.226 e. The Labute approximate surface area is 132 Å². The van der Waals surface area contributed by atoms with Crippen LogP contribution in [0.5, 0.6) is 5.75 Å². The Hall–Kier alpha value is -1.53. The molecule has 2 aromatic rings. The van der Waals surface area contributed by atoms with Crippen molar-refractivity contribution >= 4 is 34.1 Å². The molecule has 1 heterocycles. The molecule has 0 aliphatic rings. The Kier molecular flexibility index (Phi) is 5.64. The molecule has 0 bridgehead atoms. The minimum absolute atomic E-state index is 0.00441. The Morgan fingerprint density at radius 2 is 2.05 bits per heavy atom. The summed E-state index contributed by atoms with van der Waals surface area (Å²) < 4.78 is 5.11. The molecule has 2 rings (SSSR count). The van der Waals surface area contributed by atoms with Gasteiger partial charge < -0.3 is 10.1 Å². The van der Waals surface area contributed by atoms with Gasteiger partial charge in [0, 0.05) is 21.9 Å². The number of hydrogen-bond donors (Lipinski definition) is 1. The normalized spacial score (nSPS) is 10.4. The van der Waals surface area contributed by atoms with E-state index in [9.17, 15) is 4.79 Å². The third-order valence-electron chi connectivity index (χ3n) is 2.93. The van der Waals surface area contributed by atoms with Crippen molar-refractivity contribution in [3.63, 3.8) is 0 Å². The summed E-state index contributed by atoms with van der Waals surface area (Å²) in [6.07, 6.45) is 0.467. The zero-order valence-electron chi connectivity index (χ0n) is 12.3. The summed E-state index contributed by atoms with van der Waals surface area (Å²) in [7, 11) is 1.65. The van der Waals surface area contributed by atoms with Gasteiger partial charge in [0.25, 0.3) is 0 Å². The number of nitrogens with zero attached hydrogens (tertiary/aromatic N) is 1. The number of amides is 1. The quantitative estimate of drug-likeness (QED) is 0.820. The molecule has 0 atom stereocenters. The van der Waals surface area contributed by atoms with E-state index in [0.717, 1.165) is 27.0 Å². The van der Waals surface area contributed by atoms with Crippen LogP contribution in [0.25, 0.3) is 0 Å². The summed E-state index contributed by atoms with van der Waals surface area (Å²) >= 11 is 3.17. The van der Waals surface area contributed by atoms with Gasteiger partial charge in [0.15, 0.2) is 5.13 Å². The van der Waals surface area contributed by atoms with Crippen molar-refractivity contribution in [1.29, 1.82) is 0 Å². The first kappa shape index (κ1) is 15.9. The van der Waals surface area contributed by atoms with Crippen LogP contribution in [0.15, 0.2) is 29.2 Å². The summed E-state index contributed by atoms with van der Waals surface area (Å²) in [6.45, 7) is 3.95. The first-order chi connectivity index (χ1) is 10.1. The van der Waals surface area contributed by atoms with Crippen molar-refractivity contribution in [3.8, 4) is 5.75 Å². The number of methoxy groups -OCH3 is 1. The van der Waals surface area contributed by atoms with Crippen molar-refractivity contribution < 1.29 is 9.53 Å². The maximum Gasteiger partial charge on any atom is 0.226 e. The number of benzene rings is 1. The Morgan fingerprint density at radius 1 is 1.33 bits per heavy atom. The van der Waals surface area contributed by atoms with Crippen LogP contribution in [0, 0.1) is 13.8 Å². The van der Waals surface area contributed by atoms with E-state index in [-0.39, 0.29) is 5.91 Å². The standard InChI is InChI=1S/C15H18N2O2S2/c1-10-11(2)21-15(16-10)17-14(18)8-9-20-13-6-4-12(19-3)5-7-13/h4-7H,8-9H2,1-3H3,(H,16,17,18). The summed E-state index contributed by atoms with van der Waals surface area (Å²) in [5, 5.41) is 3.53.